The summed E-state index contributed by atoms with van der Waals surface area (Å²) in [5.41, 5.74) is 1.65. The fraction of sp³-hybridized carbons (Fsp3) is 0.500. The van der Waals surface area contributed by atoms with E-state index in [9.17, 15) is 4.79 Å². The Morgan fingerprint density at radius 1 is 1.44 bits per heavy atom. The molecule has 2 aromatic rings. The molecular weight excluding hydrogens is 334 g/mol. The summed E-state index contributed by atoms with van der Waals surface area (Å²) < 4.78 is 0. The molecule has 1 N–H and O–H groups in total. The molecule has 0 radical (unpaired) electrons. The number of pyridine rings is 1. The summed E-state index contributed by atoms with van der Waals surface area (Å²) in [5, 5.41) is 5.88. The summed E-state index contributed by atoms with van der Waals surface area (Å²) in [6, 6.07) is 4.35. The second-order valence-electron chi connectivity index (χ2n) is 6.53. The van der Waals surface area contributed by atoms with Crippen LogP contribution in [0.15, 0.2) is 23.7 Å². The SMILES string of the molecule is CCc1csc(CNC(=O)c2ccc(N3CCC(N(C)C)C3)nc2)n1. The largest absolute Gasteiger partial charge is 0.355 e. The monoisotopic (exact) mass is 359 g/mol. The highest BCUT2D eigenvalue weighted by atomic mass is 32.1. The number of aryl methyl sites for hydroxylation is 1. The fourth-order valence-electron chi connectivity index (χ4n) is 2.93. The van der Waals surface area contributed by atoms with Gasteiger partial charge in [0.2, 0.25) is 0 Å². The average Bonchev–Trinajstić information content (AvgIpc) is 3.29. The molecule has 1 amide bonds. The number of nitrogens with one attached hydrogen (secondary N) is 1. The highest BCUT2D eigenvalue weighted by molar-refractivity contribution is 7.09. The number of anilines is 1. The number of carbonyl (C=O) groups excluding carboxylic acids is 1. The lowest BCUT2D eigenvalue weighted by Gasteiger charge is -2.21. The van der Waals surface area contributed by atoms with E-state index in [4.69, 9.17) is 0 Å². The minimum atomic E-state index is -0.111. The number of thiazole rings is 1. The van der Waals surface area contributed by atoms with Crippen LogP contribution < -0.4 is 10.2 Å². The molecule has 6 nitrogen and oxygen atoms in total. The summed E-state index contributed by atoms with van der Waals surface area (Å²) in [7, 11) is 4.22. The molecule has 3 heterocycles. The van der Waals surface area contributed by atoms with Crippen LogP contribution in [0.4, 0.5) is 5.82 Å². The van der Waals surface area contributed by atoms with Crippen LogP contribution in [0.1, 0.15) is 34.4 Å². The molecule has 134 valence electrons. The summed E-state index contributed by atoms with van der Waals surface area (Å²) in [6.07, 6.45) is 3.72. The molecule has 0 aromatic carbocycles. The van der Waals surface area contributed by atoms with Gasteiger partial charge in [-0.3, -0.25) is 4.79 Å². The van der Waals surface area contributed by atoms with Crippen molar-refractivity contribution in [2.24, 2.45) is 0 Å². The van der Waals surface area contributed by atoms with Crippen LogP contribution in [-0.4, -0.2) is 54.0 Å². The van der Waals surface area contributed by atoms with Gasteiger partial charge in [-0.25, -0.2) is 9.97 Å². The number of hydrogen-bond donors (Lipinski definition) is 1. The Morgan fingerprint density at radius 3 is 2.88 bits per heavy atom. The van der Waals surface area contributed by atoms with Crippen LogP contribution in [0.5, 0.6) is 0 Å². The Morgan fingerprint density at radius 2 is 2.28 bits per heavy atom. The number of nitrogens with zero attached hydrogens (tertiary/aromatic N) is 4. The minimum Gasteiger partial charge on any atom is -0.355 e. The highest BCUT2D eigenvalue weighted by Gasteiger charge is 2.24. The van der Waals surface area contributed by atoms with Crippen molar-refractivity contribution in [2.75, 3.05) is 32.1 Å². The second kappa shape index (κ2) is 7.93. The smallest absolute Gasteiger partial charge is 0.253 e. The van der Waals surface area contributed by atoms with E-state index in [0.29, 0.717) is 18.2 Å². The van der Waals surface area contributed by atoms with E-state index in [1.54, 1.807) is 17.5 Å². The van der Waals surface area contributed by atoms with Crippen molar-refractivity contribution in [1.82, 2.24) is 20.2 Å². The Balaban J connectivity index is 1.55. The van der Waals surface area contributed by atoms with Crippen molar-refractivity contribution in [3.05, 3.63) is 40.0 Å². The first kappa shape index (κ1) is 17.8. The maximum atomic E-state index is 12.3. The van der Waals surface area contributed by atoms with E-state index >= 15 is 0 Å². The first-order chi connectivity index (χ1) is 12.1. The number of aromatic nitrogens is 2. The van der Waals surface area contributed by atoms with Crippen molar-refractivity contribution < 1.29 is 4.79 Å². The number of amides is 1. The van der Waals surface area contributed by atoms with E-state index < -0.39 is 0 Å². The van der Waals surface area contributed by atoms with Gasteiger partial charge < -0.3 is 15.1 Å². The lowest BCUT2D eigenvalue weighted by Crippen LogP contribution is -2.31. The van der Waals surface area contributed by atoms with E-state index in [-0.39, 0.29) is 5.91 Å². The predicted octanol–water partition coefficient (Wildman–Crippen LogP) is 2.17. The number of likely N-dealkylation sites (N-methyl/N-ethyl adjacent to an activating group) is 1. The van der Waals surface area contributed by atoms with Crippen LogP contribution in [-0.2, 0) is 13.0 Å². The molecule has 0 bridgehead atoms. The Kier molecular flexibility index (Phi) is 5.65. The standard InChI is InChI=1S/C18H25N5OS/c1-4-14-12-25-17(21-14)10-20-18(24)13-5-6-16(19-9-13)23-8-7-15(11-23)22(2)3/h5-6,9,12,15H,4,7-8,10-11H2,1-3H3,(H,20,24). The molecule has 1 saturated heterocycles. The molecule has 1 atom stereocenters. The molecule has 1 fully saturated rings. The van der Waals surface area contributed by atoms with Crippen LogP contribution in [0.25, 0.3) is 0 Å². The van der Waals surface area contributed by atoms with Gasteiger partial charge in [-0.05, 0) is 39.1 Å². The predicted molar refractivity (Wildman–Crippen MR) is 101 cm³/mol. The number of hydrogen-bond acceptors (Lipinski definition) is 6. The third-order valence-electron chi connectivity index (χ3n) is 4.59. The molecule has 0 spiro atoms. The van der Waals surface area contributed by atoms with Crippen molar-refractivity contribution in [3.8, 4) is 0 Å². The molecule has 1 unspecified atom stereocenters. The third kappa shape index (κ3) is 4.35. The number of rotatable bonds is 6. The van der Waals surface area contributed by atoms with Gasteiger partial charge in [0.05, 0.1) is 17.8 Å². The van der Waals surface area contributed by atoms with Gasteiger partial charge in [-0.15, -0.1) is 11.3 Å². The summed E-state index contributed by atoms with van der Waals surface area (Å²) >= 11 is 1.58. The molecule has 1 aliphatic heterocycles. The van der Waals surface area contributed by atoms with E-state index in [1.165, 1.54) is 0 Å². The van der Waals surface area contributed by atoms with E-state index in [1.807, 2.05) is 17.5 Å². The van der Waals surface area contributed by atoms with Crippen molar-refractivity contribution in [2.45, 2.75) is 32.4 Å². The van der Waals surface area contributed by atoms with Crippen molar-refractivity contribution in [1.29, 1.82) is 0 Å². The lowest BCUT2D eigenvalue weighted by atomic mass is 10.2. The first-order valence-corrected chi connectivity index (χ1v) is 9.53. The summed E-state index contributed by atoms with van der Waals surface area (Å²) in [6.45, 7) is 4.52. The second-order valence-corrected chi connectivity index (χ2v) is 7.47. The van der Waals surface area contributed by atoms with Gasteiger partial charge in [0.25, 0.3) is 5.91 Å². The van der Waals surface area contributed by atoms with Crippen LogP contribution in [0, 0.1) is 0 Å². The van der Waals surface area contributed by atoms with Gasteiger partial charge in [0, 0.05) is 30.7 Å². The topological polar surface area (TPSA) is 61.4 Å². The van der Waals surface area contributed by atoms with Gasteiger partial charge in [0.15, 0.2) is 0 Å². The van der Waals surface area contributed by atoms with Gasteiger partial charge in [0.1, 0.15) is 10.8 Å². The van der Waals surface area contributed by atoms with Gasteiger partial charge in [-0.2, -0.15) is 0 Å². The zero-order valence-electron chi connectivity index (χ0n) is 15.0. The Hall–Kier alpha value is -1.99. The molecule has 1 aliphatic rings. The average molecular weight is 359 g/mol. The summed E-state index contributed by atoms with van der Waals surface area (Å²) in [5.74, 6) is 0.827. The fourth-order valence-corrected chi connectivity index (χ4v) is 3.75. The molecule has 2 aromatic heterocycles. The molecule has 3 rings (SSSR count). The molecule has 25 heavy (non-hydrogen) atoms. The van der Waals surface area contributed by atoms with E-state index in [0.717, 1.165) is 42.5 Å². The van der Waals surface area contributed by atoms with Crippen molar-refractivity contribution in [3.63, 3.8) is 0 Å². The summed E-state index contributed by atoms with van der Waals surface area (Å²) in [4.78, 5) is 25.7. The Labute approximate surface area is 152 Å². The zero-order chi connectivity index (χ0) is 17.8. The van der Waals surface area contributed by atoms with E-state index in [2.05, 4.69) is 46.1 Å². The quantitative estimate of drug-likeness (QED) is 0.856. The Bertz CT molecular complexity index is 713. The van der Waals surface area contributed by atoms with Crippen LogP contribution >= 0.6 is 11.3 Å². The minimum absolute atomic E-state index is 0.111. The molecule has 0 aliphatic carbocycles. The third-order valence-corrected chi connectivity index (χ3v) is 5.49. The first-order valence-electron chi connectivity index (χ1n) is 8.65. The van der Waals surface area contributed by atoms with Crippen molar-refractivity contribution >= 4 is 23.1 Å². The molecular formula is C18H25N5OS. The van der Waals surface area contributed by atoms with Crippen LogP contribution in [0.2, 0.25) is 0 Å². The van der Waals surface area contributed by atoms with Gasteiger partial charge in [-0.1, -0.05) is 6.92 Å². The molecule has 7 heteroatoms. The highest BCUT2D eigenvalue weighted by Crippen LogP contribution is 2.20. The normalized spacial score (nSPS) is 17.3. The van der Waals surface area contributed by atoms with Gasteiger partial charge >= 0.3 is 0 Å². The zero-order valence-corrected chi connectivity index (χ0v) is 15.8. The molecule has 0 saturated carbocycles. The number of carbonyl (C=O) groups is 1. The maximum Gasteiger partial charge on any atom is 0.253 e. The lowest BCUT2D eigenvalue weighted by molar-refractivity contribution is 0.0950. The maximum absolute atomic E-state index is 12.3. The van der Waals surface area contributed by atoms with Crippen LogP contribution in [0.3, 0.4) is 0 Å².